The molecule has 1 saturated heterocycles. The first-order valence-electron chi connectivity index (χ1n) is 13.6. The average Bonchev–Trinajstić information content (AvgIpc) is 3.35. The van der Waals surface area contributed by atoms with Gasteiger partial charge in [-0.05, 0) is 61.7 Å². The topological polar surface area (TPSA) is 32.8 Å². The van der Waals surface area contributed by atoms with Gasteiger partial charge < -0.3 is 14.5 Å². The molecule has 1 fully saturated rings. The first-order chi connectivity index (χ1) is 18.3. The number of benzene rings is 4. The molecule has 4 aromatic carbocycles. The number of carbonyl (C=O) groups excluding carboxylic acids is 1. The van der Waals surface area contributed by atoms with Gasteiger partial charge in [0.1, 0.15) is 5.60 Å². The molecule has 4 heteroatoms. The fourth-order valence-corrected chi connectivity index (χ4v) is 5.73. The van der Waals surface area contributed by atoms with E-state index in [0.29, 0.717) is 12.5 Å². The van der Waals surface area contributed by atoms with E-state index >= 15 is 0 Å². The lowest BCUT2D eigenvalue weighted by atomic mass is 9.88. The zero-order valence-electron chi connectivity index (χ0n) is 22.9. The van der Waals surface area contributed by atoms with Crippen molar-refractivity contribution in [3.8, 4) is 0 Å². The molecule has 4 nitrogen and oxygen atoms in total. The van der Waals surface area contributed by atoms with Gasteiger partial charge in [0.25, 0.3) is 0 Å². The number of hydrogen-bond acceptors (Lipinski definition) is 3. The first-order valence-corrected chi connectivity index (χ1v) is 13.6. The molecule has 196 valence electrons. The Morgan fingerprint density at radius 2 is 1.50 bits per heavy atom. The van der Waals surface area contributed by atoms with Crippen LogP contribution < -0.4 is 4.90 Å². The molecule has 3 atom stereocenters. The normalized spacial score (nSPS) is 18.4. The molecule has 1 aliphatic rings. The second kappa shape index (κ2) is 10.9. The summed E-state index contributed by atoms with van der Waals surface area (Å²) in [5, 5.41) is 2.35. The number of para-hydroxylation sites is 1. The molecule has 0 saturated carbocycles. The summed E-state index contributed by atoms with van der Waals surface area (Å²) in [4.78, 5) is 18.2. The van der Waals surface area contributed by atoms with Crippen molar-refractivity contribution in [2.75, 3.05) is 24.5 Å². The van der Waals surface area contributed by atoms with Crippen LogP contribution >= 0.6 is 0 Å². The van der Waals surface area contributed by atoms with Crippen LogP contribution in [0.15, 0.2) is 103 Å². The Hall–Kier alpha value is -3.79. The molecule has 1 aliphatic heterocycles. The fraction of sp³-hybridized carbons (Fsp3) is 0.324. The fourth-order valence-electron chi connectivity index (χ4n) is 5.73. The maximum atomic E-state index is 13.8. The number of anilines is 1. The molecular weight excluding hydrogens is 468 g/mol. The van der Waals surface area contributed by atoms with Crippen LogP contribution in [0.1, 0.15) is 50.8 Å². The van der Waals surface area contributed by atoms with Crippen LogP contribution in [0, 0.1) is 5.92 Å². The van der Waals surface area contributed by atoms with Crippen LogP contribution in [-0.2, 0) is 4.74 Å². The third kappa shape index (κ3) is 5.70. The highest BCUT2D eigenvalue weighted by atomic mass is 16.6. The Kier molecular flexibility index (Phi) is 7.42. The molecule has 1 amide bonds. The lowest BCUT2D eigenvalue weighted by molar-refractivity contribution is 0.0140. The maximum absolute atomic E-state index is 13.8. The Balaban J connectivity index is 1.51. The monoisotopic (exact) mass is 506 g/mol. The minimum atomic E-state index is -0.571. The maximum Gasteiger partial charge on any atom is 0.410 e. The molecule has 0 bridgehead atoms. The van der Waals surface area contributed by atoms with Crippen molar-refractivity contribution >= 4 is 22.6 Å². The van der Waals surface area contributed by atoms with Crippen LogP contribution in [0.2, 0.25) is 0 Å². The smallest absolute Gasteiger partial charge is 0.410 e. The molecule has 0 aromatic heterocycles. The van der Waals surface area contributed by atoms with Gasteiger partial charge in [0.05, 0.1) is 6.04 Å². The van der Waals surface area contributed by atoms with Crippen LogP contribution in [0.3, 0.4) is 0 Å². The molecule has 1 heterocycles. The summed E-state index contributed by atoms with van der Waals surface area (Å²) < 4.78 is 5.99. The zero-order chi connectivity index (χ0) is 26.7. The standard InChI is InChI=1S/C34H38N2O2/c1-25(30-21-13-17-26-16-11-12-20-31(26)30)36(33(37)38-34(2,3)4)23-28-22-35(29-18-9-6-10-19-29)24-32(28)27-14-7-5-8-15-27/h5-21,25,28,32H,22-24H2,1-4H3/t25-,28?,32?/m1/s1. The van der Waals surface area contributed by atoms with Crippen molar-refractivity contribution in [1.82, 2.24) is 4.90 Å². The van der Waals surface area contributed by atoms with Gasteiger partial charge in [-0.3, -0.25) is 0 Å². The Labute approximate surface area is 226 Å². The summed E-state index contributed by atoms with van der Waals surface area (Å²) in [6.45, 7) is 10.4. The van der Waals surface area contributed by atoms with E-state index < -0.39 is 5.60 Å². The molecule has 0 aliphatic carbocycles. The van der Waals surface area contributed by atoms with Crippen molar-refractivity contribution in [1.29, 1.82) is 0 Å². The molecule has 38 heavy (non-hydrogen) atoms. The van der Waals surface area contributed by atoms with Crippen LogP contribution in [0.4, 0.5) is 10.5 Å². The summed E-state index contributed by atoms with van der Waals surface area (Å²) >= 11 is 0. The van der Waals surface area contributed by atoms with Crippen LogP contribution in [0.25, 0.3) is 10.8 Å². The Morgan fingerprint density at radius 3 is 2.21 bits per heavy atom. The van der Waals surface area contributed by atoms with E-state index in [-0.39, 0.29) is 18.1 Å². The predicted octanol–water partition coefficient (Wildman–Crippen LogP) is 8.06. The third-order valence-corrected chi connectivity index (χ3v) is 7.59. The van der Waals surface area contributed by atoms with E-state index in [1.54, 1.807) is 0 Å². The van der Waals surface area contributed by atoms with Crippen molar-refractivity contribution in [2.24, 2.45) is 5.92 Å². The predicted molar refractivity (Wildman–Crippen MR) is 157 cm³/mol. The largest absolute Gasteiger partial charge is 0.444 e. The van der Waals surface area contributed by atoms with E-state index in [1.165, 1.54) is 22.0 Å². The average molecular weight is 507 g/mol. The summed E-state index contributed by atoms with van der Waals surface area (Å²) in [5.41, 5.74) is 3.11. The van der Waals surface area contributed by atoms with E-state index in [2.05, 4.69) is 115 Å². The van der Waals surface area contributed by atoms with Gasteiger partial charge in [-0.2, -0.15) is 0 Å². The highest BCUT2D eigenvalue weighted by molar-refractivity contribution is 5.86. The van der Waals surface area contributed by atoms with Crippen LogP contribution in [0.5, 0.6) is 0 Å². The van der Waals surface area contributed by atoms with Gasteiger partial charge in [0.2, 0.25) is 0 Å². The number of ether oxygens (including phenoxy) is 1. The zero-order valence-corrected chi connectivity index (χ0v) is 22.9. The second-order valence-corrected chi connectivity index (χ2v) is 11.4. The molecular formula is C34H38N2O2. The first kappa shape index (κ1) is 25.8. The van der Waals surface area contributed by atoms with Gasteiger partial charge in [-0.1, -0.05) is 91.0 Å². The molecule has 5 rings (SSSR count). The molecule has 0 N–H and O–H groups in total. The Morgan fingerprint density at radius 1 is 0.868 bits per heavy atom. The van der Waals surface area contributed by atoms with Gasteiger partial charge in [-0.25, -0.2) is 4.79 Å². The molecule has 0 radical (unpaired) electrons. The van der Waals surface area contributed by atoms with Gasteiger partial charge >= 0.3 is 6.09 Å². The van der Waals surface area contributed by atoms with Crippen molar-refractivity contribution in [2.45, 2.75) is 45.3 Å². The minimum absolute atomic E-state index is 0.141. The number of amides is 1. The minimum Gasteiger partial charge on any atom is -0.444 e. The van der Waals surface area contributed by atoms with Gasteiger partial charge in [0, 0.05) is 37.2 Å². The number of fused-ring (bicyclic) bond motifs is 1. The van der Waals surface area contributed by atoms with E-state index in [4.69, 9.17) is 4.74 Å². The summed E-state index contributed by atoms with van der Waals surface area (Å²) in [7, 11) is 0. The second-order valence-electron chi connectivity index (χ2n) is 11.4. The molecule has 0 spiro atoms. The molecule has 4 aromatic rings. The van der Waals surface area contributed by atoms with E-state index in [1.807, 2.05) is 25.7 Å². The highest BCUT2D eigenvalue weighted by Gasteiger charge is 2.38. The Bertz CT molecular complexity index is 1360. The van der Waals surface area contributed by atoms with Crippen molar-refractivity contribution < 1.29 is 9.53 Å². The van der Waals surface area contributed by atoms with Gasteiger partial charge in [0.15, 0.2) is 0 Å². The van der Waals surface area contributed by atoms with E-state index in [0.717, 1.165) is 18.7 Å². The number of rotatable bonds is 6. The quantitative estimate of drug-likeness (QED) is 0.265. The lowest BCUT2D eigenvalue weighted by Gasteiger charge is -2.35. The summed E-state index contributed by atoms with van der Waals surface area (Å²) in [6.07, 6.45) is -0.261. The number of carbonyl (C=O) groups is 1. The highest BCUT2D eigenvalue weighted by Crippen LogP contribution is 2.38. The van der Waals surface area contributed by atoms with Gasteiger partial charge in [-0.15, -0.1) is 0 Å². The van der Waals surface area contributed by atoms with E-state index in [9.17, 15) is 4.79 Å². The number of hydrogen-bond donors (Lipinski definition) is 0. The van der Waals surface area contributed by atoms with Crippen molar-refractivity contribution in [3.05, 3.63) is 114 Å². The number of nitrogens with zero attached hydrogens (tertiary/aromatic N) is 2. The van der Waals surface area contributed by atoms with Crippen LogP contribution in [-0.4, -0.2) is 36.2 Å². The molecule has 2 unspecified atom stereocenters. The SMILES string of the molecule is C[C@H](c1cccc2ccccc12)N(CC1CN(c2ccccc2)CC1c1ccccc1)C(=O)OC(C)(C)C. The third-order valence-electron chi connectivity index (χ3n) is 7.59. The summed E-state index contributed by atoms with van der Waals surface area (Å²) in [5.74, 6) is 0.559. The van der Waals surface area contributed by atoms with Crippen molar-refractivity contribution in [3.63, 3.8) is 0 Å². The summed E-state index contributed by atoms with van der Waals surface area (Å²) in [6, 6.07) is 35.9. The lowest BCUT2D eigenvalue weighted by Crippen LogP contribution is -2.42.